The molecule has 0 heteroatoms. The molecule has 0 spiro atoms. The van der Waals surface area contributed by atoms with Crippen LogP contribution in [0.5, 0.6) is 0 Å². The molecule has 0 amide bonds. The fourth-order valence-corrected chi connectivity index (χ4v) is 10.8. The van der Waals surface area contributed by atoms with E-state index in [4.69, 9.17) is 0 Å². The molecule has 5 rings (SSSR count). The molecule has 0 heterocycles. The number of hydrogen-bond acceptors (Lipinski definition) is 0. The van der Waals surface area contributed by atoms with Crippen LogP contribution in [0.4, 0.5) is 0 Å². The quantitative estimate of drug-likeness (QED) is 0.340. The molecule has 176 valence electrons. The van der Waals surface area contributed by atoms with Crippen LogP contribution < -0.4 is 0 Å². The van der Waals surface area contributed by atoms with Crippen LogP contribution in [-0.4, -0.2) is 0 Å². The van der Waals surface area contributed by atoms with Gasteiger partial charge in [-0.3, -0.25) is 0 Å². The van der Waals surface area contributed by atoms with Crippen LogP contribution in [0.2, 0.25) is 0 Å². The summed E-state index contributed by atoms with van der Waals surface area (Å²) in [5.74, 6) is 3.56. The Hall–Kier alpha value is -0.260. The summed E-state index contributed by atoms with van der Waals surface area (Å²) in [5, 5.41) is 0. The summed E-state index contributed by atoms with van der Waals surface area (Å²) in [6, 6.07) is 0. The van der Waals surface area contributed by atoms with Gasteiger partial charge in [-0.2, -0.15) is 0 Å². The van der Waals surface area contributed by atoms with Crippen molar-refractivity contribution in [3.8, 4) is 0 Å². The molecular weight excluding hydrogens is 372 g/mol. The molecule has 0 aliphatic heterocycles. The van der Waals surface area contributed by atoms with E-state index in [1.54, 1.807) is 0 Å². The van der Waals surface area contributed by atoms with Crippen LogP contribution in [-0.2, 0) is 0 Å². The van der Waals surface area contributed by atoms with Crippen molar-refractivity contribution < 1.29 is 0 Å². The average molecular weight is 425 g/mol. The van der Waals surface area contributed by atoms with Gasteiger partial charge in [-0.15, -0.1) is 0 Å². The van der Waals surface area contributed by atoms with E-state index in [1.165, 1.54) is 64.2 Å². The Morgan fingerprint density at radius 2 is 1.32 bits per heavy atom. The third-order valence-electron chi connectivity index (χ3n) is 13.6. The van der Waals surface area contributed by atoms with Crippen LogP contribution in [0.15, 0.2) is 11.6 Å². The van der Waals surface area contributed by atoms with Gasteiger partial charge in [0.25, 0.3) is 0 Å². The molecule has 0 N–H and O–H groups in total. The van der Waals surface area contributed by atoms with E-state index >= 15 is 0 Å². The van der Waals surface area contributed by atoms with Gasteiger partial charge in [0.15, 0.2) is 0 Å². The van der Waals surface area contributed by atoms with Gasteiger partial charge in [-0.1, -0.05) is 74.0 Å². The predicted molar refractivity (Wildman–Crippen MR) is 134 cm³/mol. The Kier molecular flexibility index (Phi) is 4.68. The second-order valence-electron chi connectivity index (χ2n) is 15.5. The molecule has 5 aliphatic carbocycles. The van der Waals surface area contributed by atoms with Crippen LogP contribution in [0, 0.1) is 56.2 Å². The SMILES string of the molecule is CC1CC[C@]2(C)[C@H]3CCC4C5=CC(C)(C)CC[C@]5(C)CC[C@@]4(C)[C@]3(C)CC[C@H]2C1(C)C. The summed E-state index contributed by atoms with van der Waals surface area (Å²) >= 11 is 0. The van der Waals surface area contributed by atoms with Crippen molar-refractivity contribution in [1.29, 1.82) is 0 Å². The summed E-state index contributed by atoms with van der Waals surface area (Å²) in [5.41, 5.74) is 4.87. The molecule has 0 bridgehead atoms. The topological polar surface area (TPSA) is 0 Å². The first-order chi connectivity index (χ1) is 14.2. The lowest BCUT2D eigenvalue weighted by atomic mass is 9.32. The van der Waals surface area contributed by atoms with Crippen molar-refractivity contribution in [2.45, 2.75) is 127 Å². The number of allylic oxidation sites excluding steroid dienone is 2. The summed E-state index contributed by atoms with van der Waals surface area (Å²) in [6.45, 7) is 23.7. The van der Waals surface area contributed by atoms with Crippen molar-refractivity contribution >= 4 is 0 Å². The first kappa shape index (κ1) is 22.5. The lowest BCUT2D eigenvalue weighted by molar-refractivity contribution is -0.220. The molecule has 0 aromatic carbocycles. The average Bonchev–Trinajstić information content (AvgIpc) is 2.67. The Morgan fingerprint density at radius 3 is 2.03 bits per heavy atom. The van der Waals surface area contributed by atoms with Gasteiger partial charge >= 0.3 is 0 Å². The molecule has 0 saturated heterocycles. The fourth-order valence-electron chi connectivity index (χ4n) is 10.8. The molecule has 0 radical (unpaired) electrons. The smallest absolute Gasteiger partial charge is 0.0113 e. The van der Waals surface area contributed by atoms with E-state index < -0.39 is 0 Å². The Labute approximate surface area is 194 Å². The third-order valence-corrected chi connectivity index (χ3v) is 13.6. The minimum absolute atomic E-state index is 0.401. The largest absolute Gasteiger partial charge is 0.0788 e. The first-order valence-electron chi connectivity index (χ1n) is 13.9. The number of fused-ring (bicyclic) bond motifs is 7. The maximum Gasteiger partial charge on any atom is -0.0113 e. The zero-order valence-electron chi connectivity index (χ0n) is 22.5. The van der Waals surface area contributed by atoms with Gasteiger partial charge in [-0.05, 0) is 120 Å². The van der Waals surface area contributed by atoms with E-state index in [9.17, 15) is 0 Å². The highest BCUT2D eigenvalue weighted by molar-refractivity contribution is 5.31. The Balaban J connectivity index is 1.56. The lowest BCUT2D eigenvalue weighted by Crippen LogP contribution is -2.65. The zero-order chi connectivity index (χ0) is 22.7. The van der Waals surface area contributed by atoms with Gasteiger partial charge in [0.2, 0.25) is 0 Å². The minimum atomic E-state index is 0.401. The molecule has 0 aromatic rings. The van der Waals surface area contributed by atoms with Crippen molar-refractivity contribution in [2.75, 3.05) is 0 Å². The summed E-state index contributed by atoms with van der Waals surface area (Å²) < 4.78 is 0. The zero-order valence-corrected chi connectivity index (χ0v) is 22.5. The molecule has 4 saturated carbocycles. The van der Waals surface area contributed by atoms with Gasteiger partial charge < -0.3 is 0 Å². The third kappa shape index (κ3) is 2.78. The van der Waals surface area contributed by atoms with Gasteiger partial charge in [-0.25, -0.2) is 0 Å². The molecule has 0 aromatic heterocycles. The molecule has 5 aliphatic rings. The molecule has 31 heavy (non-hydrogen) atoms. The molecule has 2 unspecified atom stereocenters. The Morgan fingerprint density at radius 1 is 0.645 bits per heavy atom. The van der Waals surface area contributed by atoms with Crippen LogP contribution in [0.3, 0.4) is 0 Å². The Bertz CT molecular complexity index is 784. The molecule has 0 nitrogen and oxygen atoms in total. The monoisotopic (exact) mass is 424 g/mol. The summed E-state index contributed by atoms with van der Waals surface area (Å²) in [6.07, 6.45) is 17.3. The highest BCUT2D eigenvalue weighted by Gasteiger charge is 2.68. The normalized spacial score (nSPS) is 55.2. The van der Waals surface area contributed by atoms with Crippen LogP contribution >= 0.6 is 0 Å². The maximum atomic E-state index is 2.79. The van der Waals surface area contributed by atoms with Crippen molar-refractivity contribution in [3.63, 3.8) is 0 Å². The van der Waals surface area contributed by atoms with Gasteiger partial charge in [0, 0.05) is 0 Å². The second-order valence-corrected chi connectivity index (χ2v) is 15.5. The number of rotatable bonds is 0. The number of hydrogen-bond donors (Lipinski definition) is 0. The van der Waals surface area contributed by atoms with Gasteiger partial charge in [0.05, 0.1) is 0 Å². The van der Waals surface area contributed by atoms with E-state index in [1.807, 2.05) is 5.57 Å². The summed E-state index contributed by atoms with van der Waals surface area (Å²) in [4.78, 5) is 0. The molecule has 4 fully saturated rings. The van der Waals surface area contributed by atoms with E-state index in [2.05, 4.69) is 68.4 Å². The standard InChI is InChI=1S/C31H52/c1-21-12-14-29(7)24(27(21,4)5)13-15-31(9)25(29)11-10-22-23-20-26(2,3)16-17-28(23,6)18-19-30(22,31)8/h20-22,24-25H,10-19H2,1-9H3/t21?,22?,24-,25+,28+,29-,30+,31+/m0/s1. The predicted octanol–water partition coefficient (Wildman–Crippen LogP) is 9.44. The fraction of sp³-hybridized carbons (Fsp3) is 0.935. The van der Waals surface area contributed by atoms with Gasteiger partial charge in [0.1, 0.15) is 0 Å². The second kappa shape index (κ2) is 6.44. The van der Waals surface area contributed by atoms with E-state index in [0.29, 0.717) is 32.5 Å². The van der Waals surface area contributed by atoms with Crippen LogP contribution in [0.1, 0.15) is 127 Å². The van der Waals surface area contributed by atoms with E-state index in [0.717, 1.165) is 23.7 Å². The van der Waals surface area contributed by atoms with Crippen LogP contribution in [0.25, 0.3) is 0 Å². The summed E-state index contributed by atoms with van der Waals surface area (Å²) in [7, 11) is 0. The molecular formula is C31H52. The lowest BCUT2D eigenvalue weighted by Gasteiger charge is -2.72. The van der Waals surface area contributed by atoms with Crippen molar-refractivity contribution in [1.82, 2.24) is 0 Å². The van der Waals surface area contributed by atoms with Crippen molar-refractivity contribution in [2.24, 2.45) is 56.2 Å². The van der Waals surface area contributed by atoms with E-state index in [-0.39, 0.29) is 0 Å². The highest BCUT2D eigenvalue weighted by atomic mass is 14.7. The first-order valence-corrected chi connectivity index (χ1v) is 13.9. The highest BCUT2D eigenvalue weighted by Crippen LogP contribution is 2.76. The minimum Gasteiger partial charge on any atom is -0.0788 e. The molecule has 8 atom stereocenters. The maximum absolute atomic E-state index is 2.79. The van der Waals surface area contributed by atoms with Crippen molar-refractivity contribution in [3.05, 3.63) is 11.6 Å².